The predicted molar refractivity (Wildman–Crippen MR) is 66.2 cm³/mol. The number of hydrogen-bond donors (Lipinski definition) is 3. The van der Waals surface area contributed by atoms with Gasteiger partial charge in [0.25, 0.3) is 5.56 Å². The largest absolute Gasteiger partial charge is 0.360 e. The number of nitrogens with one attached hydrogen (secondary N) is 3. The first kappa shape index (κ1) is 13.5. The topological polar surface area (TPSA) is 86.9 Å². The van der Waals surface area contributed by atoms with Gasteiger partial charge in [-0.2, -0.15) is 0 Å². The van der Waals surface area contributed by atoms with Crippen LogP contribution in [0.2, 0.25) is 5.02 Å². The molecule has 0 aliphatic heterocycles. The van der Waals surface area contributed by atoms with E-state index in [1.165, 1.54) is 6.33 Å². The summed E-state index contributed by atoms with van der Waals surface area (Å²) < 4.78 is 0. The average molecular weight is 259 g/mol. The standard InChI is InChI=1S/C10H15ClN4O2/c1-6(2)3-12-7(16)4-13-9-8(11)10(17)15-5-14-9/h5-6H,3-4H2,1-2H3,(H,12,16)(H2,13,14,15,17). The van der Waals surface area contributed by atoms with Crippen LogP contribution in [-0.4, -0.2) is 29.0 Å². The number of aromatic nitrogens is 2. The number of anilines is 1. The van der Waals surface area contributed by atoms with Crippen LogP contribution in [-0.2, 0) is 4.79 Å². The normalized spacial score (nSPS) is 10.4. The molecule has 0 fully saturated rings. The van der Waals surface area contributed by atoms with Crippen LogP contribution in [0.25, 0.3) is 0 Å². The number of amides is 1. The maximum absolute atomic E-state index is 11.4. The molecule has 0 bridgehead atoms. The van der Waals surface area contributed by atoms with Gasteiger partial charge in [-0.05, 0) is 5.92 Å². The zero-order valence-corrected chi connectivity index (χ0v) is 10.5. The van der Waals surface area contributed by atoms with E-state index in [0.717, 1.165) is 0 Å². The highest BCUT2D eigenvalue weighted by molar-refractivity contribution is 6.32. The van der Waals surface area contributed by atoms with Crippen molar-refractivity contribution < 1.29 is 4.79 Å². The third kappa shape index (κ3) is 4.44. The smallest absolute Gasteiger partial charge is 0.271 e. The van der Waals surface area contributed by atoms with Crippen LogP contribution in [0.1, 0.15) is 13.8 Å². The van der Waals surface area contributed by atoms with Gasteiger partial charge in [0.2, 0.25) is 5.91 Å². The molecule has 0 saturated heterocycles. The van der Waals surface area contributed by atoms with Crippen molar-refractivity contribution in [3.8, 4) is 0 Å². The van der Waals surface area contributed by atoms with Crippen LogP contribution in [0.3, 0.4) is 0 Å². The van der Waals surface area contributed by atoms with E-state index in [-0.39, 0.29) is 23.3 Å². The number of hydrogen-bond acceptors (Lipinski definition) is 4. The monoisotopic (exact) mass is 258 g/mol. The minimum absolute atomic E-state index is 0.0306. The lowest BCUT2D eigenvalue weighted by atomic mass is 10.2. The highest BCUT2D eigenvalue weighted by Crippen LogP contribution is 2.10. The molecule has 0 radical (unpaired) electrons. The summed E-state index contributed by atoms with van der Waals surface area (Å²) in [4.78, 5) is 28.7. The summed E-state index contributed by atoms with van der Waals surface area (Å²) >= 11 is 5.70. The van der Waals surface area contributed by atoms with Crippen LogP contribution in [0.15, 0.2) is 11.1 Å². The summed E-state index contributed by atoms with van der Waals surface area (Å²) in [6.45, 7) is 4.64. The summed E-state index contributed by atoms with van der Waals surface area (Å²) in [6, 6.07) is 0. The van der Waals surface area contributed by atoms with E-state index in [1.54, 1.807) is 0 Å². The summed E-state index contributed by atoms with van der Waals surface area (Å²) in [5.41, 5.74) is -0.438. The van der Waals surface area contributed by atoms with Gasteiger partial charge in [0.05, 0.1) is 12.9 Å². The lowest BCUT2D eigenvalue weighted by molar-refractivity contribution is -0.119. The molecule has 1 aromatic rings. The number of halogens is 1. The second kappa shape index (κ2) is 6.24. The molecule has 0 aromatic carbocycles. The molecule has 1 aromatic heterocycles. The van der Waals surface area contributed by atoms with Gasteiger partial charge in [-0.15, -0.1) is 0 Å². The molecule has 7 heteroatoms. The van der Waals surface area contributed by atoms with E-state index < -0.39 is 5.56 Å². The highest BCUT2D eigenvalue weighted by atomic mass is 35.5. The number of carbonyl (C=O) groups excluding carboxylic acids is 1. The third-order valence-corrected chi connectivity index (χ3v) is 2.27. The van der Waals surface area contributed by atoms with Crippen molar-refractivity contribution in [3.63, 3.8) is 0 Å². The molecule has 6 nitrogen and oxygen atoms in total. The average Bonchev–Trinajstić information content (AvgIpc) is 2.28. The Hall–Kier alpha value is -1.56. The second-order valence-electron chi connectivity index (χ2n) is 3.95. The van der Waals surface area contributed by atoms with Gasteiger partial charge in [0.1, 0.15) is 5.02 Å². The Bertz CT molecular complexity index is 444. The fourth-order valence-corrected chi connectivity index (χ4v) is 1.22. The molecule has 0 atom stereocenters. The molecule has 1 heterocycles. The van der Waals surface area contributed by atoms with Crippen LogP contribution >= 0.6 is 11.6 Å². The van der Waals surface area contributed by atoms with Crippen molar-refractivity contribution in [1.29, 1.82) is 0 Å². The first-order valence-corrected chi connectivity index (χ1v) is 5.62. The molecule has 0 aliphatic rings. The lowest BCUT2D eigenvalue weighted by Crippen LogP contribution is -2.33. The summed E-state index contributed by atoms with van der Waals surface area (Å²) in [5.74, 6) is 0.423. The zero-order valence-electron chi connectivity index (χ0n) is 9.71. The van der Waals surface area contributed by atoms with Gasteiger partial charge in [-0.1, -0.05) is 25.4 Å². The van der Waals surface area contributed by atoms with E-state index in [9.17, 15) is 9.59 Å². The van der Waals surface area contributed by atoms with Crippen molar-refractivity contribution in [3.05, 3.63) is 21.7 Å². The molecule has 0 spiro atoms. The number of nitrogens with zero attached hydrogens (tertiary/aromatic N) is 1. The molecule has 1 amide bonds. The Balaban J connectivity index is 2.48. The number of carbonyl (C=O) groups is 1. The molecule has 0 saturated carbocycles. The summed E-state index contributed by atoms with van der Waals surface area (Å²) in [5, 5.41) is 5.38. The van der Waals surface area contributed by atoms with Gasteiger partial charge in [-0.3, -0.25) is 9.59 Å². The number of aromatic amines is 1. The summed E-state index contributed by atoms with van der Waals surface area (Å²) in [7, 11) is 0. The third-order valence-electron chi connectivity index (χ3n) is 1.92. The fourth-order valence-electron chi connectivity index (χ4n) is 1.05. The Kier molecular flexibility index (Phi) is 4.96. The van der Waals surface area contributed by atoms with Gasteiger partial charge in [-0.25, -0.2) is 4.98 Å². The van der Waals surface area contributed by atoms with E-state index in [0.29, 0.717) is 12.5 Å². The van der Waals surface area contributed by atoms with Gasteiger partial charge >= 0.3 is 0 Å². The molecule has 0 unspecified atom stereocenters. The van der Waals surface area contributed by atoms with Crippen molar-refractivity contribution >= 4 is 23.3 Å². The first-order chi connectivity index (χ1) is 8.00. The lowest BCUT2D eigenvalue weighted by Gasteiger charge is -2.09. The molecule has 0 aliphatic carbocycles. The molecule has 1 rings (SSSR count). The maximum Gasteiger partial charge on any atom is 0.271 e. The number of rotatable bonds is 5. The van der Waals surface area contributed by atoms with Crippen LogP contribution in [0, 0.1) is 5.92 Å². The van der Waals surface area contributed by atoms with E-state index in [4.69, 9.17) is 11.6 Å². The zero-order chi connectivity index (χ0) is 12.8. The Labute approximate surface area is 104 Å². The molecule has 3 N–H and O–H groups in total. The van der Waals surface area contributed by atoms with E-state index >= 15 is 0 Å². The maximum atomic E-state index is 11.4. The molecule has 17 heavy (non-hydrogen) atoms. The van der Waals surface area contributed by atoms with Crippen molar-refractivity contribution in [2.75, 3.05) is 18.4 Å². The van der Waals surface area contributed by atoms with Gasteiger partial charge in [0.15, 0.2) is 5.82 Å². The van der Waals surface area contributed by atoms with Crippen LogP contribution in [0.4, 0.5) is 5.82 Å². The predicted octanol–water partition coefficient (Wildman–Crippen LogP) is 0.607. The van der Waals surface area contributed by atoms with Crippen LogP contribution in [0.5, 0.6) is 0 Å². The molecule has 94 valence electrons. The SMILES string of the molecule is CC(C)CNC(=O)CNc1nc[nH]c(=O)c1Cl. The second-order valence-corrected chi connectivity index (χ2v) is 4.32. The van der Waals surface area contributed by atoms with Gasteiger partial charge < -0.3 is 15.6 Å². The quantitative estimate of drug-likeness (QED) is 0.722. The van der Waals surface area contributed by atoms with Crippen molar-refractivity contribution in [2.45, 2.75) is 13.8 Å². The Morgan fingerprint density at radius 3 is 2.94 bits per heavy atom. The minimum Gasteiger partial charge on any atom is -0.360 e. The van der Waals surface area contributed by atoms with E-state index in [1.807, 2.05) is 13.8 Å². The van der Waals surface area contributed by atoms with Crippen molar-refractivity contribution in [1.82, 2.24) is 15.3 Å². The highest BCUT2D eigenvalue weighted by Gasteiger charge is 2.07. The Morgan fingerprint density at radius 1 is 1.59 bits per heavy atom. The number of H-pyrrole nitrogens is 1. The van der Waals surface area contributed by atoms with Crippen molar-refractivity contribution in [2.24, 2.45) is 5.92 Å². The molecular weight excluding hydrogens is 244 g/mol. The minimum atomic E-state index is -0.438. The van der Waals surface area contributed by atoms with Crippen LogP contribution < -0.4 is 16.2 Å². The van der Waals surface area contributed by atoms with E-state index in [2.05, 4.69) is 20.6 Å². The first-order valence-electron chi connectivity index (χ1n) is 5.24. The Morgan fingerprint density at radius 2 is 2.29 bits per heavy atom. The summed E-state index contributed by atoms with van der Waals surface area (Å²) in [6.07, 6.45) is 1.22. The van der Waals surface area contributed by atoms with Gasteiger partial charge in [0, 0.05) is 6.54 Å². The fraction of sp³-hybridized carbons (Fsp3) is 0.500. The molecular formula is C10H15ClN4O2.